The first kappa shape index (κ1) is 14.5. The molecular weight excluding hydrogens is 322 g/mol. The average molecular weight is 338 g/mol. The minimum Gasteiger partial charge on any atom is -0.464 e. The number of aromatic nitrogens is 3. The number of rotatable bonds is 5. The quantitative estimate of drug-likeness (QED) is 0.872. The number of nitrogens with two attached hydrogens (primary N) is 1. The molecule has 1 heterocycles. The molecule has 0 aliphatic carbocycles. The molecule has 0 radical (unpaired) electrons. The van der Waals surface area contributed by atoms with Crippen molar-refractivity contribution in [2.24, 2.45) is 0 Å². The molecule has 106 valence electrons. The molecule has 6 nitrogen and oxygen atoms in total. The van der Waals surface area contributed by atoms with Crippen LogP contribution in [-0.2, 0) is 6.42 Å². The number of benzene rings is 1. The lowest BCUT2D eigenvalue weighted by atomic mass is 10.1. The summed E-state index contributed by atoms with van der Waals surface area (Å²) in [6.07, 6.45) is 0.890. The average Bonchev–Trinajstić information content (AvgIpc) is 2.40. The molecule has 0 bridgehead atoms. The number of anilines is 3. The highest BCUT2D eigenvalue weighted by molar-refractivity contribution is 9.10. The van der Waals surface area contributed by atoms with E-state index in [2.05, 4.69) is 49.2 Å². The van der Waals surface area contributed by atoms with Crippen molar-refractivity contribution in [1.82, 2.24) is 15.0 Å². The molecule has 0 saturated heterocycles. The van der Waals surface area contributed by atoms with Crippen LogP contribution in [-0.4, -0.2) is 21.6 Å². The van der Waals surface area contributed by atoms with Gasteiger partial charge in [-0.15, -0.1) is 0 Å². The van der Waals surface area contributed by atoms with Crippen molar-refractivity contribution in [1.29, 1.82) is 0 Å². The minimum atomic E-state index is 0.126. The summed E-state index contributed by atoms with van der Waals surface area (Å²) in [5, 5.41) is 3.15. The fraction of sp³-hybridized carbons (Fsp3) is 0.308. The second-order valence-corrected chi connectivity index (χ2v) is 4.93. The van der Waals surface area contributed by atoms with Crippen molar-refractivity contribution in [3.8, 4) is 6.01 Å². The number of halogens is 1. The summed E-state index contributed by atoms with van der Waals surface area (Å²) in [6, 6.07) is 6.19. The van der Waals surface area contributed by atoms with Crippen molar-refractivity contribution in [3.63, 3.8) is 0 Å². The van der Waals surface area contributed by atoms with Gasteiger partial charge in [-0.2, -0.15) is 15.0 Å². The van der Waals surface area contributed by atoms with E-state index in [1.54, 1.807) is 0 Å². The first-order chi connectivity index (χ1) is 9.62. The first-order valence-electron chi connectivity index (χ1n) is 6.32. The Kier molecular flexibility index (Phi) is 4.73. The van der Waals surface area contributed by atoms with Gasteiger partial charge >= 0.3 is 6.01 Å². The molecule has 7 heteroatoms. The lowest BCUT2D eigenvalue weighted by Gasteiger charge is -2.11. The maximum absolute atomic E-state index is 5.65. The fourth-order valence-electron chi connectivity index (χ4n) is 1.72. The molecule has 0 spiro atoms. The highest BCUT2D eigenvalue weighted by Gasteiger charge is 2.08. The summed E-state index contributed by atoms with van der Waals surface area (Å²) >= 11 is 3.46. The summed E-state index contributed by atoms with van der Waals surface area (Å²) in [6.45, 7) is 4.42. The Hall–Kier alpha value is -1.89. The predicted octanol–water partition coefficient (Wildman–Crippen LogP) is 2.92. The van der Waals surface area contributed by atoms with Crippen LogP contribution in [0.4, 0.5) is 17.6 Å². The molecular formula is C13H16BrN5O. The Balaban J connectivity index is 2.29. The number of nitrogens with zero attached hydrogens (tertiary/aromatic N) is 3. The molecule has 2 rings (SSSR count). The lowest BCUT2D eigenvalue weighted by molar-refractivity contribution is 0.312. The van der Waals surface area contributed by atoms with E-state index >= 15 is 0 Å². The number of nitrogen functional groups attached to an aromatic ring is 1. The monoisotopic (exact) mass is 337 g/mol. The molecule has 3 N–H and O–H groups in total. The van der Waals surface area contributed by atoms with Gasteiger partial charge in [-0.1, -0.05) is 22.9 Å². The fourth-order valence-corrected chi connectivity index (χ4v) is 2.13. The van der Waals surface area contributed by atoms with Gasteiger partial charge in [-0.25, -0.2) is 0 Å². The second-order valence-electron chi connectivity index (χ2n) is 4.01. The van der Waals surface area contributed by atoms with E-state index in [9.17, 15) is 0 Å². The zero-order valence-electron chi connectivity index (χ0n) is 11.4. The molecule has 0 aliphatic heterocycles. The van der Waals surface area contributed by atoms with Crippen molar-refractivity contribution in [3.05, 3.63) is 28.2 Å². The van der Waals surface area contributed by atoms with E-state index in [1.165, 1.54) is 0 Å². The van der Waals surface area contributed by atoms with Crippen LogP contribution in [0.5, 0.6) is 6.01 Å². The normalized spacial score (nSPS) is 10.3. The van der Waals surface area contributed by atoms with Gasteiger partial charge in [-0.05, 0) is 37.1 Å². The largest absolute Gasteiger partial charge is 0.464 e. The number of hydrogen-bond donors (Lipinski definition) is 2. The van der Waals surface area contributed by atoms with E-state index in [0.29, 0.717) is 12.6 Å². The summed E-state index contributed by atoms with van der Waals surface area (Å²) in [7, 11) is 0. The van der Waals surface area contributed by atoms with Crippen LogP contribution in [0.1, 0.15) is 19.4 Å². The smallest absolute Gasteiger partial charge is 0.323 e. The Morgan fingerprint density at radius 3 is 2.75 bits per heavy atom. The van der Waals surface area contributed by atoms with Gasteiger partial charge in [0.25, 0.3) is 0 Å². The molecule has 0 amide bonds. The van der Waals surface area contributed by atoms with Crippen molar-refractivity contribution < 1.29 is 4.74 Å². The van der Waals surface area contributed by atoms with E-state index in [1.807, 2.05) is 19.1 Å². The van der Waals surface area contributed by atoms with Gasteiger partial charge in [0.1, 0.15) is 0 Å². The third-order valence-electron chi connectivity index (χ3n) is 2.60. The van der Waals surface area contributed by atoms with Gasteiger partial charge in [-0.3, -0.25) is 0 Å². The van der Waals surface area contributed by atoms with Gasteiger partial charge < -0.3 is 15.8 Å². The number of ether oxygens (including phenoxy) is 1. The van der Waals surface area contributed by atoms with Gasteiger partial charge in [0.05, 0.1) is 6.61 Å². The van der Waals surface area contributed by atoms with Crippen LogP contribution >= 0.6 is 15.9 Å². The second kappa shape index (κ2) is 6.51. The van der Waals surface area contributed by atoms with Crippen LogP contribution in [0.2, 0.25) is 0 Å². The Bertz CT molecular complexity index is 605. The van der Waals surface area contributed by atoms with Gasteiger partial charge in [0.15, 0.2) is 0 Å². The Morgan fingerprint density at radius 1 is 1.25 bits per heavy atom. The summed E-state index contributed by atoms with van der Waals surface area (Å²) < 4.78 is 6.28. The molecule has 20 heavy (non-hydrogen) atoms. The summed E-state index contributed by atoms with van der Waals surface area (Å²) in [5.74, 6) is 0.499. The van der Waals surface area contributed by atoms with Gasteiger partial charge in [0.2, 0.25) is 11.9 Å². The number of aryl methyl sites for hydroxylation is 1. The first-order valence-corrected chi connectivity index (χ1v) is 7.11. The van der Waals surface area contributed by atoms with E-state index in [0.717, 1.165) is 22.1 Å². The highest BCUT2D eigenvalue weighted by Crippen LogP contribution is 2.24. The third-order valence-corrected chi connectivity index (χ3v) is 3.09. The molecule has 0 unspecified atom stereocenters. The van der Waals surface area contributed by atoms with Crippen LogP contribution in [0.25, 0.3) is 0 Å². The molecule has 1 aromatic carbocycles. The topological polar surface area (TPSA) is 86.0 Å². The summed E-state index contributed by atoms with van der Waals surface area (Å²) in [5.41, 5.74) is 7.73. The van der Waals surface area contributed by atoms with Crippen molar-refractivity contribution in [2.45, 2.75) is 20.3 Å². The zero-order chi connectivity index (χ0) is 14.5. The molecule has 1 aromatic heterocycles. The molecule has 0 fully saturated rings. The van der Waals surface area contributed by atoms with Crippen LogP contribution < -0.4 is 15.8 Å². The SMILES string of the molecule is CCOc1nc(N)nc(Nc2ccc(Br)cc2CC)n1. The van der Waals surface area contributed by atoms with Crippen LogP contribution in [0.3, 0.4) is 0 Å². The third kappa shape index (κ3) is 3.57. The zero-order valence-corrected chi connectivity index (χ0v) is 12.9. The molecule has 0 aliphatic rings. The maximum Gasteiger partial charge on any atom is 0.323 e. The standard InChI is InChI=1S/C13H16BrN5O/c1-3-8-7-9(14)5-6-10(8)16-12-17-11(15)18-13(19-12)20-4-2/h5-7H,3-4H2,1-2H3,(H3,15,16,17,18,19). The van der Waals surface area contributed by atoms with E-state index in [-0.39, 0.29) is 12.0 Å². The lowest BCUT2D eigenvalue weighted by Crippen LogP contribution is -2.07. The number of nitrogens with one attached hydrogen (secondary N) is 1. The van der Waals surface area contributed by atoms with Gasteiger partial charge in [0, 0.05) is 10.2 Å². The Labute approximate surface area is 125 Å². The molecule has 0 saturated carbocycles. The molecule has 2 aromatic rings. The van der Waals surface area contributed by atoms with E-state index in [4.69, 9.17) is 10.5 Å². The van der Waals surface area contributed by atoms with Crippen molar-refractivity contribution in [2.75, 3.05) is 17.7 Å². The Morgan fingerprint density at radius 2 is 2.05 bits per heavy atom. The van der Waals surface area contributed by atoms with Crippen LogP contribution in [0.15, 0.2) is 22.7 Å². The maximum atomic E-state index is 5.65. The number of hydrogen-bond acceptors (Lipinski definition) is 6. The van der Waals surface area contributed by atoms with Crippen molar-refractivity contribution >= 4 is 33.5 Å². The minimum absolute atomic E-state index is 0.126. The molecule has 0 atom stereocenters. The van der Waals surface area contributed by atoms with E-state index < -0.39 is 0 Å². The predicted molar refractivity (Wildman–Crippen MR) is 82.2 cm³/mol. The summed E-state index contributed by atoms with van der Waals surface area (Å²) in [4.78, 5) is 12.1. The van der Waals surface area contributed by atoms with Crippen LogP contribution in [0, 0.1) is 0 Å². The highest BCUT2D eigenvalue weighted by atomic mass is 79.9.